The zero-order chi connectivity index (χ0) is 10.1. The first kappa shape index (κ1) is 11.0. The van der Waals surface area contributed by atoms with E-state index in [0.717, 1.165) is 19.4 Å². The summed E-state index contributed by atoms with van der Waals surface area (Å²) in [5.41, 5.74) is -0.00130. The summed E-state index contributed by atoms with van der Waals surface area (Å²) < 4.78 is 0. The van der Waals surface area contributed by atoms with Crippen LogP contribution in [0.3, 0.4) is 0 Å². The second kappa shape index (κ2) is 3.95. The van der Waals surface area contributed by atoms with Crippen LogP contribution in [0.4, 0.5) is 0 Å². The van der Waals surface area contributed by atoms with Gasteiger partial charge in [-0.05, 0) is 26.3 Å². The van der Waals surface area contributed by atoms with Crippen LogP contribution in [0, 0.1) is 5.41 Å². The van der Waals surface area contributed by atoms with E-state index in [1.54, 1.807) is 6.92 Å². The zero-order valence-electron chi connectivity index (χ0n) is 8.75. The van der Waals surface area contributed by atoms with Gasteiger partial charge in [-0.15, -0.1) is 0 Å². The molecule has 0 aliphatic heterocycles. The maximum Gasteiger partial charge on any atom is 0.0621 e. The number of aliphatic hydroxyl groups is 2. The molecule has 3 N–H and O–H groups in total. The van der Waals surface area contributed by atoms with E-state index in [1.807, 2.05) is 0 Å². The zero-order valence-corrected chi connectivity index (χ0v) is 8.75. The van der Waals surface area contributed by atoms with Gasteiger partial charge in [-0.25, -0.2) is 0 Å². The van der Waals surface area contributed by atoms with Crippen molar-refractivity contribution in [3.05, 3.63) is 0 Å². The Hall–Kier alpha value is -0.120. The van der Waals surface area contributed by atoms with E-state index in [-0.39, 0.29) is 17.6 Å². The molecule has 78 valence electrons. The summed E-state index contributed by atoms with van der Waals surface area (Å²) in [6.07, 6.45) is 1.22. The summed E-state index contributed by atoms with van der Waals surface area (Å²) in [5.74, 6) is 0. The van der Waals surface area contributed by atoms with Crippen LogP contribution in [0.5, 0.6) is 0 Å². The van der Waals surface area contributed by atoms with Crippen molar-refractivity contribution >= 4 is 0 Å². The van der Waals surface area contributed by atoms with Crippen molar-refractivity contribution in [1.82, 2.24) is 5.32 Å². The summed E-state index contributed by atoms with van der Waals surface area (Å²) in [7, 11) is 0. The molecule has 0 heterocycles. The first-order valence-corrected chi connectivity index (χ1v) is 5.04. The quantitative estimate of drug-likeness (QED) is 0.601. The molecule has 3 atom stereocenters. The van der Waals surface area contributed by atoms with E-state index in [9.17, 15) is 5.11 Å². The fraction of sp³-hybridized carbons (Fsp3) is 1.00. The molecule has 1 fully saturated rings. The molecule has 0 saturated heterocycles. The maximum absolute atomic E-state index is 9.47. The molecule has 1 rings (SSSR count). The standard InChI is InChI=1S/C10H21NO2/c1-7(12)4-5-11-8-6-9(13)10(8,2)3/h7-9,11-13H,4-6H2,1-3H3. The molecular formula is C10H21NO2. The van der Waals surface area contributed by atoms with Gasteiger partial charge in [0.1, 0.15) is 0 Å². The molecular weight excluding hydrogens is 166 g/mol. The van der Waals surface area contributed by atoms with Gasteiger partial charge in [0.05, 0.1) is 12.2 Å². The van der Waals surface area contributed by atoms with E-state index in [1.165, 1.54) is 0 Å². The average Bonchev–Trinajstić information content (AvgIpc) is 2.02. The van der Waals surface area contributed by atoms with Gasteiger partial charge >= 0.3 is 0 Å². The number of hydrogen-bond acceptors (Lipinski definition) is 3. The van der Waals surface area contributed by atoms with Crippen LogP contribution in [0.25, 0.3) is 0 Å². The molecule has 3 heteroatoms. The van der Waals surface area contributed by atoms with Gasteiger partial charge in [0, 0.05) is 11.5 Å². The fourth-order valence-corrected chi connectivity index (χ4v) is 1.72. The smallest absolute Gasteiger partial charge is 0.0621 e. The number of hydrogen-bond donors (Lipinski definition) is 3. The second-order valence-electron chi connectivity index (χ2n) is 4.72. The Balaban J connectivity index is 2.17. The third-order valence-electron chi connectivity index (χ3n) is 3.17. The number of rotatable bonds is 4. The number of nitrogens with one attached hydrogen (secondary N) is 1. The van der Waals surface area contributed by atoms with Gasteiger partial charge in [0.15, 0.2) is 0 Å². The van der Waals surface area contributed by atoms with Crippen molar-refractivity contribution < 1.29 is 10.2 Å². The van der Waals surface area contributed by atoms with Crippen LogP contribution in [-0.2, 0) is 0 Å². The van der Waals surface area contributed by atoms with Crippen molar-refractivity contribution in [2.45, 2.75) is 51.9 Å². The molecule has 1 aliphatic rings. The molecule has 0 radical (unpaired) electrons. The first-order valence-electron chi connectivity index (χ1n) is 5.04. The number of aliphatic hydroxyl groups excluding tert-OH is 2. The molecule has 3 nitrogen and oxygen atoms in total. The highest BCUT2D eigenvalue weighted by Gasteiger charge is 2.46. The van der Waals surface area contributed by atoms with Crippen LogP contribution in [-0.4, -0.2) is 35.0 Å². The summed E-state index contributed by atoms with van der Waals surface area (Å²) in [6.45, 7) is 6.77. The third kappa shape index (κ3) is 2.42. The largest absolute Gasteiger partial charge is 0.393 e. The molecule has 1 saturated carbocycles. The SMILES string of the molecule is CC(O)CCNC1CC(O)C1(C)C. The minimum atomic E-state index is -0.236. The van der Waals surface area contributed by atoms with E-state index in [0.29, 0.717) is 6.04 Å². The Kier molecular flexibility index (Phi) is 3.33. The summed E-state index contributed by atoms with van der Waals surface area (Å²) in [5, 5.41) is 21.9. The summed E-state index contributed by atoms with van der Waals surface area (Å²) >= 11 is 0. The predicted molar refractivity (Wildman–Crippen MR) is 52.5 cm³/mol. The Morgan fingerprint density at radius 3 is 2.54 bits per heavy atom. The van der Waals surface area contributed by atoms with Crippen LogP contribution in [0.2, 0.25) is 0 Å². The third-order valence-corrected chi connectivity index (χ3v) is 3.17. The van der Waals surface area contributed by atoms with Crippen LogP contribution >= 0.6 is 0 Å². The van der Waals surface area contributed by atoms with Crippen LogP contribution in [0.1, 0.15) is 33.6 Å². The second-order valence-corrected chi connectivity index (χ2v) is 4.72. The summed E-state index contributed by atoms with van der Waals surface area (Å²) in [6, 6.07) is 0.404. The Morgan fingerprint density at radius 2 is 2.15 bits per heavy atom. The highest BCUT2D eigenvalue weighted by Crippen LogP contribution is 2.40. The molecule has 0 aromatic heterocycles. The Bertz CT molecular complexity index is 168. The van der Waals surface area contributed by atoms with E-state index >= 15 is 0 Å². The van der Waals surface area contributed by atoms with Gasteiger partial charge < -0.3 is 15.5 Å². The van der Waals surface area contributed by atoms with Crippen LogP contribution < -0.4 is 5.32 Å². The Morgan fingerprint density at radius 1 is 1.54 bits per heavy atom. The van der Waals surface area contributed by atoms with Gasteiger partial charge in [-0.1, -0.05) is 13.8 Å². The van der Waals surface area contributed by atoms with Crippen molar-refractivity contribution in [2.75, 3.05) is 6.54 Å². The highest BCUT2D eigenvalue weighted by atomic mass is 16.3. The maximum atomic E-state index is 9.47. The molecule has 3 unspecified atom stereocenters. The fourth-order valence-electron chi connectivity index (χ4n) is 1.72. The highest BCUT2D eigenvalue weighted by molar-refractivity contribution is 5.01. The lowest BCUT2D eigenvalue weighted by Crippen LogP contribution is -2.60. The molecule has 1 aliphatic carbocycles. The lowest BCUT2D eigenvalue weighted by Gasteiger charge is -2.49. The topological polar surface area (TPSA) is 52.5 Å². The first-order chi connectivity index (χ1) is 5.94. The minimum Gasteiger partial charge on any atom is -0.393 e. The van der Waals surface area contributed by atoms with E-state index in [4.69, 9.17) is 5.11 Å². The lowest BCUT2D eigenvalue weighted by molar-refractivity contribution is -0.0727. The monoisotopic (exact) mass is 187 g/mol. The van der Waals surface area contributed by atoms with E-state index in [2.05, 4.69) is 19.2 Å². The van der Waals surface area contributed by atoms with Gasteiger partial charge in [-0.3, -0.25) is 0 Å². The van der Waals surface area contributed by atoms with Gasteiger partial charge in [0.25, 0.3) is 0 Å². The summed E-state index contributed by atoms with van der Waals surface area (Å²) in [4.78, 5) is 0. The molecule has 0 bridgehead atoms. The molecule has 13 heavy (non-hydrogen) atoms. The van der Waals surface area contributed by atoms with Crippen molar-refractivity contribution in [3.63, 3.8) is 0 Å². The lowest BCUT2D eigenvalue weighted by atomic mass is 9.64. The van der Waals surface area contributed by atoms with Gasteiger partial charge in [-0.2, -0.15) is 0 Å². The predicted octanol–water partition coefficient (Wildman–Crippen LogP) is 0.506. The Labute approximate surface area is 80.2 Å². The van der Waals surface area contributed by atoms with Crippen molar-refractivity contribution in [2.24, 2.45) is 5.41 Å². The van der Waals surface area contributed by atoms with Crippen molar-refractivity contribution in [1.29, 1.82) is 0 Å². The molecule has 0 amide bonds. The van der Waals surface area contributed by atoms with E-state index < -0.39 is 0 Å². The molecule has 0 aromatic carbocycles. The minimum absolute atomic E-state index is 0.00130. The van der Waals surface area contributed by atoms with Crippen molar-refractivity contribution in [3.8, 4) is 0 Å². The normalized spacial score (nSPS) is 33.9. The molecule has 0 spiro atoms. The van der Waals surface area contributed by atoms with Gasteiger partial charge in [0.2, 0.25) is 0 Å². The molecule has 0 aromatic rings. The average molecular weight is 187 g/mol. The van der Waals surface area contributed by atoms with Crippen LogP contribution in [0.15, 0.2) is 0 Å².